The summed E-state index contributed by atoms with van der Waals surface area (Å²) in [4.78, 5) is 27.6. The van der Waals surface area contributed by atoms with E-state index in [-0.39, 0.29) is 23.9 Å². The Balaban J connectivity index is 2.14. The van der Waals surface area contributed by atoms with Crippen molar-refractivity contribution in [3.63, 3.8) is 0 Å². The van der Waals surface area contributed by atoms with Crippen LogP contribution in [-0.4, -0.2) is 42.2 Å². The molecule has 2 N–H and O–H groups in total. The highest BCUT2D eigenvalue weighted by Crippen LogP contribution is 2.30. The van der Waals surface area contributed by atoms with Crippen molar-refractivity contribution in [3.8, 4) is 12.1 Å². The third-order valence-corrected chi connectivity index (χ3v) is 5.46. The third-order valence-electron chi connectivity index (χ3n) is 5.46. The molecule has 0 fully saturated rings. The van der Waals surface area contributed by atoms with Crippen molar-refractivity contribution in [2.24, 2.45) is 0 Å². The normalized spacial score (nSPS) is 10.6. The zero-order valence-electron chi connectivity index (χ0n) is 21.3. The Hall–Kier alpha value is -4.77. The van der Waals surface area contributed by atoms with Gasteiger partial charge in [-0.15, -0.1) is 0 Å². The number of allylic oxidation sites excluding steroid dienone is 1. The number of nitrogens with one attached hydrogen (secondary N) is 2. The molecule has 0 spiro atoms. The first-order valence-corrected chi connectivity index (χ1v) is 11.2. The quantitative estimate of drug-likeness (QED) is 0.316. The molecule has 0 aliphatic carbocycles. The second-order valence-electron chi connectivity index (χ2n) is 8.07. The molecule has 0 aliphatic heterocycles. The van der Waals surface area contributed by atoms with Gasteiger partial charge in [0.15, 0.2) is 0 Å². The minimum atomic E-state index is -0.453. The summed E-state index contributed by atoms with van der Waals surface area (Å²) in [6, 6.07) is 14.8. The van der Waals surface area contributed by atoms with Crippen molar-refractivity contribution in [3.05, 3.63) is 76.0 Å². The van der Waals surface area contributed by atoms with Crippen LogP contribution in [0.4, 0.5) is 23.1 Å². The maximum absolute atomic E-state index is 13.3. The van der Waals surface area contributed by atoms with Crippen molar-refractivity contribution in [2.75, 3.05) is 31.9 Å². The van der Waals surface area contributed by atoms with Gasteiger partial charge in [0.25, 0.3) is 5.91 Å². The fraction of sp³-hybridized carbons (Fsp3) is 0.222. The molecule has 188 valence electrons. The topological polar surface area (TPSA) is 136 Å². The molecule has 0 radical (unpaired) electrons. The van der Waals surface area contributed by atoms with E-state index in [0.29, 0.717) is 16.9 Å². The van der Waals surface area contributed by atoms with Gasteiger partial charge in [0, 0.05) is 31.6 Å². The van der Waals surface area contributed by atoms with Crippen molar-refractivity contribution >= 4 is 35.1 Å². The maximum atomic E-state index is 13.3. The number of aromatic nitrogens is 2. The number of methoxy groups -OCH3 is 1. The number of benzene rings is 2. The Morgan fingerprint density at radius 3 is 2.32 bits per heavy atom. The Morgan fingerprint density at radius 2 is 1.76 bits per heavy atom. The van der Waals surface area contributed by atoms with Crippen LogP contribution in [0.5, 0.6) is 0 Å². The van der Waals surface area contributed by atoms with Gasteiger partial charge in [0.05, 0.1) is 37.1 Å². The van der Waals surface area contributed by atoms with E-state index in [1.807, 2.05) is 32.0 Å². The van der Waals surface area contributed by atoms with Crippen molar-refractivity contribution in [2.45, 2.75) is 20.5 Å². The molecule has 0 bridgehead atoms. The van der Waals surface area contributed by atoms with Gasteiger partial charge in [-0.1, -0.05) is 0 Å². The molecule has 37 heavy (non-hydrogen) atoms. The number of anilines is 4. The van der Waals surface area contributed by atoms with Gasteiger partial charge < -0.3 is 15.4 Å². The van der Waals surface area contributed by atoms with Gasteiger partial charge in [0.2, 0.25) is 5.95 Å². The average molecular weight is 498 g/mol. The molecule has 0 saturated carbocycles. The van der Waals surface area contributed by atoms with Gasteiger partial charge in [-0.3, -0.25) is 9.63 Å². The highest BCUT2D eigenvalue weighted by atomic mass is 16.7. The van der Waals surface area contributed by atoms with Crippen LogP contribution in [-0.2, 0) is 16.2 Å². The van der Waals surface area contributed by atoms with Crippen molar-refractivity contribution in [1.82, 2.24) is 15.0 Å². The Morgan fingerprint density at radius 1 is 1.08 bits per heavy atom. The summed E-state index contributed by atoms with van der Waals surface area (Å²) in [5.41, 5.74) is 5.17. The molecule has 1 heterocycles. The third kappa shape index (κ3) is 6.47. The Kier molecular flexibility index (Phi) is 8.90. The van der Waals surface area contributed by atoms with Crippen LogP contribution >= 0.6 is 0 Å². The number of hydrogen-bond donors (Lipinski definition) is 2. The number of amides is 1. The summed E-state index contributed by atoms with van der Waals surface area (Å²) in [6.07, 6.45) is 3.15. The van der Waals surface area contributed by atoms with Crippen LogP contribution in [0.3, 0.4) is 0 Å². The molecule has 1 amide bonds. The molecule has 0 saturated heterocycles. The summed E-state index contributed by atoms with van der Waals surface area (Å²) in [7, 11) is 4.40. The van der Waals surface area contributed by atoms with Gasteiger partial charge in [-0.2, -0.15) is 15.5 Å². The second kappa shape index (κ2) is 12.3. The van der Waals surface area contributed by atoms with Crippen LogP contribution in [0, 0.1) is 36.5 Å². The summed E-state index contributed by atoms with van der Waals surface area (Å²) in [5, 5.41) is 25.4. The maximum Gasteiger partial charge on any atom is 0.282 e. The van der Waals surface area contributed by atoms with Gasteiger partial charge in [-0.25, -0.2) is 10.0 Å². The molecular formula is C27H27N7O3. The molecule has 2 aromatic carbocycles. The predicted octanol–water partition coefficient (Wildman–Crippen LogP) is 4.77. The minimum Gasteiger partial charge on any atom is -0.378 e. The van der Waals surface area contributed by atoms with E-state index in [0.717, 1.165) is 27.4 Å². The van der Waals surface area contributed by atoms with Crippen LogP contribution in [0.1, 0.15) is 38.3 Å². The number of carbonyl (C=O) groups excluding carboxylic acids is 1. The lowest BCUT2D eigenvalue weighted by molar-refractivity contribution is -0.0758. The van der Waals surface area contributed by atoms with Gasteiger partial charge in [0.1, 0.15) is 11.4 Å². The lowest BCUT2D eigenvalue weighted by atomic mass is 10.0. The number of rotatable bonds is 9. The van der Waals surface area contributed by atoms with E-state index in [4.69, 9.17) is 20.1 Å². The predicted molar refractivity (Wildman–Crippen MR) is 140 cm³/mol. The first kappa shape index (κ1) is 26.8. The summed E-state index contributed by atoms with van der Waals surface area (Å²) in [5.74, 6) is 0.0456. The molecule has 1 aromatic heterocycles. The van der Waals surface area contributed by atoms with E-state index in [2.05, 4.69) is 26.7 Å². The summed E-state index contributed by atoms with van der Waals surface area (Å²) < 4.78 is 5.35. The fourth-order valence-electron chi connectivity index (χ4n) is 3.66. The first-order valence-electron chi connectivity index (χ1n) is 11.2. The molecule has 3 aromatic rings. The standard InChI is InChI=1S/C27H27N7O3/c1-17-13-20(7-6-12-28)14-18(2)24(17)32-25-23(26(35)34(3)37-5)22(16-36-4)31-27(33-25)30-21-10-8-19(15-29)9-11-21/h6-11,13-14H,16H2,1-5H3,(H2,30,31,32,33)/b7-6+. The van der Waals surface area contributed by atoms with Crippen LogP contribution < -0.4 is 10.6 Å². The number of hydroxylamine groups is 2. The summed E-state index contributed by atoms with van der Waals surface area (Å²) >= 11 is 0. The zero-order valence-corrected chi connectivity index (χ0v) is 21.3. The lowest BCUT2D eigenvalue weighted by Gasteiger charge is -2.21. The molecule has 10 nitrogen and oxygen atoms in total. The Bertz CT molecular complexity index is 1380. The molecule has 0 unspecified atom stereocenters. The molecular weight excluding hydrogens is 470 g/mol. The highest BCUT2D eigenvalue weighted by Gasteiger charge is 2.25. The smallest absolute Gasteiger partial charge is 0.282 e. The van der Waals surface area contributed by atoms with E-state index in [9.17, 15) is 4.79 Å². The summed E-state index contributed by atoms with van der Waals surface area (Å²) in [6.45, 7) is 3.90. The number of nitriles is 2. The van der Waals surface area contributed by atoms with E-state index >= 15 is 0 Å². The zero-order chi connectivity index (χ0) is 26.9. The lowest BCUT2D eigenvalue weighted by Crippen LogP contribution is -2.28. The van der Waals surface area contributed by atoms with Crippen LogP contribution in [0.2, 0.25) is 0 Å². The number of ether oxygens (including phenoxy) is 1. The number of hydrogen-bond acceptors (Lipinski definition) is 9. The number of nitrogens with zero attached hydrogens (tertiary/aromatic N) is 5. The van der Waals surface area contributed by atoms with Crippen molar-refractivity contribution < 1.29 is 14.4 Å². The fourth-order valence-corrected chi connectivity index (χ4v) is 3.66. The Labute approximate surface area is 215 Å². The van der Waals surface area contributed by atoms with Gasteiger partial charge >= 0.3 is 0 Å². The molecule has 0 aliphatic rings. The van der Waals surface area contributed by atoms with E-state index in [1.165, 1.54) is 27.3 Å². The average Bonchev–Trinajstić information content (AvgIpc) is 2.89. The van der Waals surface area contributed by atoms with E-state index < -0.39 is 5.91 Å². The monoisotopic (exact) mass is 497 g/mol. The molecule has 10 heteroatoms. The number of aryl methyl sites for hydroxylation is 2. The van der Waals surface area contributed by atoms with Gasteiger partial charge in [-0.05, 0) is 73.0 Å². The second-order valence-corrected chi connectivity index (χ2v) is 8.07. The van der Waals surface area contributed by atoms with Crippen LogP contribution in [0.25, 0.3) is 6.08 Å². The van der Waals surface area contributed by atoms with Crippen LogP contribution in [0.15, 0.2) is 42.5 Å². The largest absolute Gasteiger partial charge is 0.378 e. The SMILES string of the molecule is COCc1nc(Nc2ccc(C#N)cc2)nc(Nc2c(C)cc(/C=C/C#N)cc2C)c1C(=O)N(C)OC. The number of carbonyl (C=O) groups is 1. The minimum absolute atomic E-state index is 0.0493. The first-order chi connectivity index (χ1) is 17.8. The van der Waals surface area contributed by atoms with Crippen molar-refractivity contribution in [1.29, 1.82) is 10.5 Å². The highest BCUT2D eigenvalue weighted by molar-refractivity contribution is 6.00. The molecule has 3 rings (SSSR count). The molecule has 0 atom stereocenters. The van der Waals surface area contributed by atoms with E-state index in [1.54, 1.807) is 30.3 Å².